The molecule has 0 aliphatic carbocycles. The largest absolute Gasteiger partial charge is 0.491 e. The Morgan fingerprint density at radius 3 is 2.44 bits per heavy atom. The molecule has 2 aromatic carbocycles. The van der Waals surface area contributed by atoms with Crippen LogP contribution in [0.25, 0.3) is 16.7 Å². The van der Waals surface area contributed by atoms with Crippen LogP contribution in [0, 0.1) is 6.92 Å². The van der Waals surface area contributed by atoms with Crippen LogP contribution in [0.4, 0.5) is 0 Å². The van der Waals surface area contributed by atoms with Gasteiger partial charge in [0.25, 0.3) is 0 Å². The highest BCUT2D eigenvalue weighted by atomic mass is 32.2. The summed E-state index contributed by atoms with van der Waals surface area (Å²) in [6.07, 6.45) is 2.49. The predicted molar refractivity (Wildman–Crippen MR) is 133 cm³/mol. The monoisotopic (exact) mass is 487 g/mol. The first-order valence-corrected chi connectivity index (χ1v) is 12.7. The minimum Gasteiger partial charge on any atom is -0.491 e. The lowest BCUT2D eigenvalue weighted by atomic mass is 9.93. The molecule has 0 N–H and O–H groups in total. The fourth-order valence-corrected chi connectivity index (χ4v) is 5.53. The van der Waals surface area contributed by atoms with Gasteiger partial charge in [-0.15, -0.1) is 0 Å². The Morgan fingerprint density at radius 1 is 1.06 bits per heavy atom. The van der Waals surface area contributed by atoms with Gasteiger partial charge in [-0.2, -0.15) is 4.31 Å². The standard InChI is InChI=1S/C26H33NO6S/c1-19-17-21(9-10-24(19)22-7-6-8-23(18-22)33-16-15-31-4)20-11-13-27(14-12-20)34(29,30)26(2,3)25(28)32-5/h6-11,17-18H,12-16H2,1-5H3. The third-order valence-corrected chi connectivity index (χ3v) is 8.60. The van der Waals surface area contributed by atoms with E-state index >= 15 is 0 Å². The van der Waals surface area contributed by atoms with Crippen LogP contribution in [0.1, 0.15) is 31.4 Å². The number of carbonyl (C=O) groups is 1. The first-order chi connectivity index (χ1) is 16.1. The molecule has 0 fully saturated rings. The normalized spacial score (nSPS) is 15.0. The van der Waals surface area contributed by atoms with E-state index < -0.39 is 20.7 Å². The molecule has 7 nitrogen and oxygen atoms in total. The summed E-state index contributed by atoms with van der Waals surface area (Å²) in [7, 11) is -1.00. The number of benzene rings is 2. The topological polar surface area (TPSA) is 82.1 Å². The van der Waals surface area contributed by atoms with Crippen LogP contribution in [0.2, 0.25) is 0 Å². The van der Waals surface area contributed by atoms with Gasteiger partial charge in [-0.05, 0) is 67.2 Å². The minimum atomic E-state index is -3.85. The van der Waals surface area contributed by atoms with E-state index in [1.54, 1.807) is 7.11 Å². The number of esters is 1. The van der Waals surface area contributed by atoms with E-state index in [9.17, 15) is 13.2 Å². The van der Waals surface area contributed by atoms with Gasteiger partial charge in [0.1, 0.15) is 12.4 Å². The molecule has 0 unspecified atom stereocenters. The van der Waals surface area contributed by atoms with Gasteiger partial charge in [-0.3, -0.25) is 4.79 Å². The molecule has 1 aliphatic rings. The summed E-state index contributed by atoms with van der Waals surface area (Å²) in [5.41, 5.74) is 5.46. The molecule has 0 atom stereocenters. The van der Waals surface area contributed by atoms with Crippen molar-refractivity contribution < 1.29 is 27.4 Å². The van der Waals surface area contributed by atoms with Crippen molar-refractivity contribution in [3.8, 4) is 16.9 Å². The third-order valence-electron chi connectivity index (χ3n) is 6.13. The second-order valence-corrected chi connectivity index (χ2v) is 11.2. The minimum absolute atomic E-state index is 0.222. The lowest BCUT2D eigenvalue weighted by molar-refractivity contribution is -0.142. The molecule has 3 rings (SSSR count). The molecule has 0 spiro atoms. The quantitative estimate of drug-likeness (QED) is 0.392. The van der Waals surface area contributed by atoms with Crippen LogP contribution >= 0.6 is 0 Å². The molecule has 0 radical (unpaired) electrons. The van der Waals surface area contributed by atoms with Gasteiger partial charge in [-0.25, -0.2) is 8.42 Å². The smallest absolute Gasteiger partial charge is 0.328 e. The van der Waals surface area contributed by atoms with E-state index in [0.717, 1.165) is 33.6 Å². The van der Waals surface area contributed by atoms with Gasteiger partial charge >= 0.3 is 5.97 Å². The average Bonchev–Trinajstić information content (AvgIpc) is 2.83. The van der Waals surface area contributed by atoms with Crippen molar-refractivity contribution >= 4 is 21.6 Å². The zero-order chi connectivity index (χ0) is 24.9. The fraction of sp³-hybridized carbons (Fsp3) is 0.423. The van der Waals surface area contributed by atoms with Crippen LogP contribution in [0.5, 0.6) is 5.75 Å². The van der Waals surface area contributed by atoms with Gasteiger partial charge in [0.05, 0.1) is 13.7 Å². The average molecular weight is 488 g/mol. The molecular weight excluding hydrogens is 454 g/mol. The number of hydrogen-bond acceptors (Lipinski definition) is 6. The lowest BCUT2D eigenvalue weighted by Gasteiger charge is -2.32. The predicted octanol–water partition coefficient (Wildman–Crippen LogP) is 4.06. The summed E-state index contributed by atoms with van der Waals surface area (Å²) in [4.78, 5) is 12.0. The second kappa shape index (κ2) is 10.7. The number of rotatable bonds is 9. The van der Waals surface area contributed by atoms with Crippen molar-refractivity contribution in [2.45, 2.75) is 31.9 Å². The molecule has 8 heteroatoms. The number of hydrogen-bond donors (Lipinski definition) is 0. The maximum absolute atomic E-state index is 13.0. The molecule has 0 saturated heterocycles. The van der Waals surface area contributed by atoms with Crippen molar-refractivity contribution in [2.24, 2.45) is 0 Å². The van der Waals surface area contributed by atoms with Gasteiger partial charge in [0.15, 0.2) is 4.75 Å². The zero-order valence-corrected chi connectivity index (χ0v) is 21.3. The summed E-state index contributed by atoms with van der Waals surface area (Å²) < 4.78 is 41.2. The first-order valence-electron chi connectivity index (χ1n) is 11.2. The summed E-state index contributed by atoms with van der Waals surface area (Å²) >= 11 is 0. The van der Waals surface area contributed by atoms with Gasteiger partial charge in [-0.1, -0.05) is 36.4 Å². The molecule has 184 valence electrons. The van der Waals surface area contributed by atoms with E-state index in [2.05, 4.69) is 31.2 Å². The molecular formula is C26H33NO6S. The highest BCUT2D eigenvalue weighted by Gasteiger charge is 2.46. The highest BCUT2D eigenvalue weighted by molar-refractivity contribution is 7.91. The number of ether oxygens (including phenoxy) is 3. The second-order valence-electron chi connectivity index (χ2n) is 8.74. The Balaban J connectivity index is 1.77. The van der Waals surface area contributed by atoms with Gasteiger partial charge in [0, 0.05) is 20.2 Å². The highest BCUT2D eigenvalue weighted by Crippen LogP contribution is 2.32. The van der Waals surface area contributed by atoms with Crippen LogP contribution in [-0.4, -0.2) is 64.0 Å². The Kier molecular flexibility index (Phi) is 8.17. The molecule has 2 aromatic rings. The molecule has 34 heavy (non-hydrogen) atoms. The summed E-state index contributed by atoms with van der Waals surface area (Å²) in [5.74, 6) is 0.0332. The SMILES string of the molecule is COCCOc1cccc(-c2ccc(C3=CCN(S(=O)(=O)C(C)(C)C(=O)OC)CC3)cc2C)c1. The van der Waals surface area contributed by atoms with E-state index in [-0.39, 0.29) is 6.54 Å². The molecule has 0 amide bonds. The maximum atomic E-state index is 13.0. The maximum Gasteiger partial charge on any atom is 0.328 e. The zero-order valence-electron chi connectivity index (χ0n) is 20.5. The van der Waals surface area contributed by atoms with E-state index in [1.807, 2.05) is 24.3 Å². The van der Waals surface area contributed by atoms with E-state index in [4.69, 9.17) is 14.2 Å². The van der Waals surface area contributed by atoms with Crippen LogP contribution < -0.4 is 4.74 Å². The van der Waals surface area contributed by atoms with Crippen molar-refractivity contribution in [3.63, 3.8) is 0 Å². The Labute approximate surface area is 202 Å². The van der Waals surface area contributed by atoms with E-state index in [1.165, 1.54) is 25.3 Å². The fourth-order valence-electron chi connectivity index (χ4n) is 3.99. The third kappa shape index (κ3) is 5.35. The number of aryl methyl sites for hydroxylation is 1. The van der Waals surface area contributed by atoms with Crippen molar-refractivity contribution in [1.82, 2.24) is 4.31 Å². The molecule has 1 heterocycles. The van der Waals surface area contributed by atoms with Crippen molar-refractivity contribution in [1.29, 1.82) is 0 Å². The van der Waals surface area contributed by atoms with Gasteiger partial charge in [0.2, 0.25) is 10.0 Å². The Morgan fingerprint density at radius 2 is 1.82 bits per heavy atom. The number of carbonyl (C=O) groups excluding carboxylic acids is 1. The molecule has 0 bridgehead atoms. The first kappa shape index (κ1) is 25.9. The Hall–Kier alpha value is -2.68. The Bertz CT molecular complexity index is 1170. The van der Waals surface area contributed by atoms with Crippen LogP contribution in [-0.2, 0) is 24.3 Å². The number of sulfonamides is 1. The summed E-state index contributed by atoms with van der Waals surface area (Å²) in [6.45, 7) is 6.40. The lowest BCUT2D eigenvalue weighted by Crippen LogP contribution is -2.51. The number of methoxy groups -OCH3 is 2. The van der Waals surface area contributed by atoms with Crippen LogP contribution in [0.3, 0.4) is 0 Å². The number of nitrogens with zero attached hydrogens (tertiary/aromatic N) is 1. The molecule has 0 saturated carbocycles. The van der Waals surface area contributed by atoms with Crippen molar-refractivity contribution in [2.75, 3.05) is 40.5 Å². The van der Waals surface area contributed by atoms with Crippen LogP contribution in [0.15, 0.2) is 48.5 Å². The van der Waals surface area contributed by atoms with Crippen molar-refractivity contribution in [3.05, 3.63) is 59.7 Å². The van der Waals surface area contributed by atoms with Gasteiger partial charge < -0.3 is 14.2 Å². The summed E-state index contributed by atoms with van der Waals surface area (Å²) in [6, 6.07) is 14.2. The molecule has 1 aliphatic heterocycles. The summed E-state index contributed by atoms with van der Waals surface area (Å²) in [5, 5.41) is 0. The molecule has 0 aromatic heterocycles. The van der Waals surface area contributed by atoms with E-state index in [0.29, 0.717) is 26.2 Å².